The molecule has 0 spiro atoms. The van der Waals surface area contributed by atoms with Crippen molar-refractivity contribution in [2.45, 2.75) is 19.8 Å². The molecule has 0 fully saturated rings. The number of carboxylic acids is 1. The van der Waals surface area contributed by atoms with E-state index in [2.05, 4.69) is 0 Å². The maximum atomic E-state index is 11.2. The first kappa shape index (κ1) is 15.2. The van der Waals surface area contributed by atoms with Crippen LogP contribution in [0, 0.1) is 0 Å². The number of esters is 1. The normalized spacial score (nSPS) is 10.6. The molecule has 19 heavy (non-hydrogen) atoms. The van der Waals surface area contributed by atoms with E-state index in [9.17, 15) is 9.59 Å². The van der Waals surface area contributed by atoms with Crippen LogP contribution in [0.5, 0.6) is 0 Å². The van der Waals surface area contributed by atoms with Gasteiger partial charge in [-0.05, 0) is 30.2 Å². The summed E-state index contributed by atoms with van der Waals surface area (Å²) in [5.74, 6) is -1.23. The van der Waals surface area contributed by atoms with Gasteiger partial charge in [0.15, 0.2) is 0 Å². The Kier molecular flexibility index (Phi) is 6.09. The summed E-state index contributed by atoms with van der Waals surface area (Å²) in [6.45, 7) is 2.08. The van der Waals surface area contributed by atoms with Crippen molar-refractivity contribution in [3.63, 3.8) is 0 Å². The lowest BCUT2D eigenvalue weighted by Crippen LogP contribution is -2.02. The molecule has 1 aromatic rings. The molecule has 0 heterocycles. The second-order valence-corrected chi connectivity index (χ2v) is 4.26. The molecule has 1 rings (SSSR count). The molecule has 0 atom stereocenters. The molecule has 1 aromatic carbocycles. The van der Waals surface area contributed by atoms with Crippen molar-refractivity contribution in [3.05, 3.63) is 40.4 Å². The van der Waals surface area contributed by atoms with Gasteiger partial charge in [0, 0.05) is 5.02 Å². The molecule has 102 valence electrons. The van der Waals surface area contributed by atoms with Gasteiger partial charge in [0.25, 0.3) is 0 Å². The van der Waals surface area contributed by atoms with Crippen LogP contribution in [0.4, 0.5) is 0 Å². The first-order chi connectivity index (χ1) is 9.02. The van der Waals surface area contributed by atoms with Gasteiger partial charge in [-0.3, -0.25) is 9.59 Å². The van der Waals surface area contributed by atoms with Gasteiger partial charge in [-0.25, -0.2) is 0 Å². The number of carbonyl (C=O) groups excluding carboxylic acids is 1. The summed E-state index contributed by atoms with van der Waals surface area (Å²) in [6, 6.07) is 4.98. The predicted octanol–water partition coefficient (Wildman–Crippen LogP) is 2.93. The van der Waals surface area contributed by atoms with E-state index >= 15 is 0 Å². The molecular weight excluding hydrogens is 268 g/mol. The number of ether oxygens (including phenoxy) is 1. The SMILES string of the molecule is CCOC(=O)CC=Cc1cc(Cl)ccc1CC(=O)O. The topological polar surface area (TPSA) is 63.6 Å². The molecule has 0 aliphatic carbocycles. The predicted molar refractivity (Wildman–Crippen MR) is 73.1 cm³/mol. The Bertz CT molecular complexity index is 494. The fourth-order valence-electron chi connectivity index (χ4n) is 1.55. The average molecular weight is 283 g/mol. The Balaban J connectivity index is 2.80. The zero-order valence-corrected chi connectivity index (χ0v) is 11.3. The van der Waals surface area contributed by atoms with E-state index in [0.717, 1.165) is 0 Å². The molecule has 4 nitrogen and oxygen atoms in total. The van der Waals surface area contributed by atoms with Crippen LogP contribution in [0.15, 0.2) is 24.3 Å². The summed E-state index contributed by atoms with van der Waals surface area (Å²) >= 11 is 5.87. The summed E-state index contributed by atoms with van der Waals surface area (Å²) in [5, 5.41) is 9.33. The first-order valence-electron chi connectivity index (χ1n) is 5.85. The van der Waals surface area contributed by atoms with Crippen molar-refractivity contribution in [1.29, 1.82) is 0 Å². The monoisotopic (exact) mass is 282 g/mol. The highest BCUT2D eigenvalue weighted by Crippen LogP contribution is 2.18. The third-order valence-corrected chi connectivity index (χ3v) is 2.57. The number of aliphatic carboxylic acids is 1. The fraction of sp³-hybridized carbons (Fsp3) is 0.286. The van der Waals surface area contributed by atoms with Gasteiger partial charge >= 0.3 is 11.9 Å². The van der Waals surface area contributed by atoms with Crippen molar-refractivity contribution < 1.29 is 19.4 Å². The zero-order chi connectivity index (χ0) is 14.3. The van der Waals surface area contributed by atoms with Crippen LogP contribution in [0.25, 0.3) is 6.08 Å². The summed E-state index contributed by atoms with van der Waals surface area (Å²) in [6.07, 6.45) is 3.37. The summed E-state index contributed by atoms with van der Waals surface area (Å²) in [5.41, 5.74) is 1.34. The smallest absolute Gasteiger partial charge is 0.309 e. The largest absolute Gasteiger partial charge is 0.481 e. The van der Waals surface area contributed by atoms with Crippen LogP contribution in [0.2, 0.25) is 5.02 Å². The van der Waals surface area contributed by atoms with Gasteiger partial charge in [0.1, 0.15) is 0 Å². The van der Waals surface area contributed by atoms with Crippen molar-refractivity contribution in [2.24, 2.45) is 0 Å². The number of benzene rings is 1. The van der Waals surface area contributed by atoms with Crippen molar-refractivity contribution in [1.82, 2.24) is 0 Å². The molecule has 0 aliphatic heterocycles. The minimum atomic E-state index is -0.914. The van der Waals surface area contributed by atoms with Crippen LogP contribution < -0.4 is 0 Å². The van der Waals surface area contributed by atoms with E-state index in [4.69, 9.17) is 21.4 Å². The second-order valence-electron chi connectivity index (χ2n) is 3.83. The van der Waals surface area contributed by atoms with Gasteiger partial charge in [0.05, 0.1) is 19.4 Å². The Morgan fingerprint density at radius 1 is 1.42 bits per heavy atom. The number of carboxylic acid groups (broad SMARTS) is 1. The quantitative estimate of drug-likeness (QED) is 0.815. The van der Waals surface area contributed by atoms with E-state index < -0.39 is 5.97 Å². The maximum absolute atomic E-state index is 11.2. The number of hydrogen-bond acceptors (Lipinski definition) is 3. The summed E-state index contributed by atoms with van der Waals surface area (Å²) in [7, 11) is 0. The number of carbonyl (C=O) groups is 2. The Morgan fingerprint density at radius 2 is 2.16 bits per heavy atom. The first-order valence-corrected chi connectivity index (χ1v) is 6.23. The van der Waals surface area contributed by atoms with Crippen LogP contribution in [-0.2, 0) is 20.7 Å². The molecule has 0 saturated heterocycles. The molecule has 1 N–H and O–H groups in total. The lowest BCUT2D eigenvalue weighted by atomic mass is 10.0. The van der Waals surface area contributed by atoms with E-state index in [-0.39, 0.29) is 18.8 Å². The third-order valence-electron chi connectivity index (χ3n) is 2.34. The van der Waals surface area contributed by atoms with Gasteiger partial charge in [-0.15, -0.1) is 0 Å². The van der Waals surface area contributed by atoms with Crippen LogP contribution in [0.3, 0.4) is 0 Å². The van der Waals surface area contributed by atoms with E-state index in [1.807, 2.05) is 0 Å². The minimum Gasteiger partial charge on any atom is -0.481 e. The van der Waals surface area contributed by atoms with E-state index in [0.29, 0.717) is 22.8 Å². The van der Waals surface area contributed by atoms with E-state index in [1.54, 1.807) is 37.3 Å². The number of rotatable bonds is 6. The minimum absolute atomic E-state index is 0.0871. The number of hydrogen-bond donors (Lipinski definition) is 1. The standard InChI is InChI=1S/C14H15ClO4/c1-2-19-14(18)5-3-4-10-8-12(15)7-6-11(10)9-13(16)17/h3-4,6-8H,2,5,9H2,1H3,(H,16,17). The van der Waals surface area contributed by atoms with Crippen LogP contribution >= 0.6 is 11.6 Å². The van der Waals surface area contributed by atoms with Crippen LogP contribution in [-0.4, -0.2) is 23.7 Å². The molecule has 0 aliphatic rings. The number of halogens is 1. The van der Waals surface area contributed by atoms with Gasteiger partial charge in [-0.2, -0.15) is 0 Å². The van der Waals surface area contributed by atoms with Crippen molar-refractivity contribution in [3.8, 4) is 0 Å². The van der Waals surface area contributed by atoms with Crippen LogP contribution in [0.1, 0.15) is 24.5 Å². The molecule has 0 aromatic heterocycles. The summed E-state index contributed by atoms with van der Waals surface area (Å²) < 4.78 is 4.79. The highest BCUT2D eigenvalue weighted by molar-refractivity contribution is 6.30. The van der Waals surface area contributed by atoms with Gasteiger partial charge < -0.3 is 9.84 Å². The molecule has 0 amide bonds. The molecule has 0 unspecified atom stereocenters. The zero-order valence-electron chi connectivity index (χ0n) is 10.6. The Morgan fingerprint density at radius 3 is 2.79 bits per heavy atom. The molecular formula is C14H15ClO4. The van der Waals surface area contributed by atoms with Crippen molar-refractivity contribution in [2.75, 3.05) is 6.61 Å². The lowest BCUT2D eigenvalue weighted by Gasteiger charge is -2.04. The van der Waals surface area contributed by atoms with Gasteiger partial charge in [-0.1, -0.05) is 29.8 Å². The summed E-state index contributed by atoms with van der Waals surface area (Å²) in [4.78, 5) is 21.9. The molecule has 0 saturated carbocycles. The maximum Gasteiger partial charge on any atom is 0.309 e. The second kappa shape index (κ2) is 7.59. The van der Waals surface area contributed by atoms with Gasteiger partial charge in [0.2, 0.25) is 0 Å². The van der Waals surface area contributed by atoms with E-state index in [1.165, 1.54) is 0 Å². The highest BCUT2D eigenvalue weighted by atomic mass is 35.5. The highest BCUT2D eigenvalue weighted by Gasteiger charge is 2.06. The molecule has 0 bridgehead atoms. The lowest BCUT2D eigenvalue weighted by molar-refractivity contribution is -0.142. The molecule has 5 heteroatoms. The third kappa shape index (κ3) is 5.57. The molecule has 0 radical (unpaired) electrons. The average Bonchev–Trinajstić information content (AvgIpc) is 2.32. The Labute approximate surface area is 116 Å². The fourth-order valence-corrected chi connectivity index (χ4v) is 1.73. The Hall–Kier alpha value is -1.81. The van der Waals surface area contributed by atoms with Crippen molar-refractivity contribution >= 4 is 29.6 Å².